The van der Waals surface area contributed by atoms with Gasteiger partial charge in [0.2, 0.25) is 0 Å². The van der Waals surface area contributed by atoms with Gasteiger partial charge in [0.15, 0.2) is 9.84 Å². The minimum absolute atomic E-state index is 0.0134. The molecule has 1 aliphatic rings. The zero-order valence-electron chi connectivity index (χ0n) is 11.3. The third kappa shape index (κ3) is 3.49. The van der Waals surface area contributed by atoms with Crippen molar-refractivity contribution in [1.82, 2.24) is 0 Å². The maximum Gasteiger partial charge on any atom is 0.337 e. The first-order valence-corrected chi connectivity index (χ1v) is 8.19. The van der Waals surface area contributed by atoms with E-state index in [2.05, 4.69) is 0 Å². The van der Waals surface area contributed by atoms with Gasteiger partial charge >= 0.3 is 5.97 Å². The summed E-state index contributed by atoms with van der Waals surface area (Å²) in [7, 11) is -3.50. The first-order chi connectivity index (χ1) is 9.60. The van der Waals surface area contributed by atoms with Crippen molar-refractivity contribution in [1.29, 1.82) is 0 Å². The van der Waals surface area contributed by atoms with Crippen LogP contribution in [0.25, 0.3) is 0 Å². The standard InChI is InChI=1S/C13H15F2NO4S/c1-21(19,20)9-2-3-10(12(17)18)11(8-9)16-6-4-13(14,15)5-7-16/h2-3,8H,4-7H2,1H3,(H,17,18). The fourth-order valence-corrected chi connectivity index (χ4v) is 2.90. The number of carboxylic acids is 1. The number of rotatable bonds is 3. The summed E-state index contributed by atoms with van der Waals surface area (Å²) < 4.78 is 49.5. The fraction of sp³-hybridized carbons (Fsp3) is 0.462. The molecule has 116 valence electrons. The van der Waals surface area contributed by atoms with Crippen LogP contribution in [0, 0.1) is 0 Å². The van der Waals surface area contributed by atoms with Gasteiger partial charge in [-0.25, -0.2) is 22.0 Å². The number of carboxylic acid groups (broad SMARTS) is 1. The van der Waals surface area contributed by atoms with Gasteiger partial charge in [-0.15, -0.1) is 0 Å². The van der Waals surface area contributed by atoms with Crippen LogP contribution < -0.4 is 4.90 Å². The van der Waals surface area contributed by atoms with E-state index >= 15 is 0 Å². The molecule has 0 spiro atoms. The molecule has 0 amide bonds. The number of nitrogens with zero attached hydrogens (tertiary/aromatic N) is 1. The highest BCUT2D eigenvalue weighted by Crippen LogP contribution is 2.33. The molecule has 0 bridgehead atoms. The summed E-state index contributed by atoms with van der Waals surface area (Å²) in [6.07, 6.45) is 0.251. The minimum atomic E-state index is -3.50. The number of sulfone groups is 1. The summed E-state index contributed by atoms with van der Waals surface area (Å²) in [5, 5.41) is 9.17. The van der Waals surface area contributed by atoms with Gasteiger partial charge in [-0.1, -0.05) is 0 Å². The minimum Gasteiger partial charge on any atom is -0.478 e. The topological polar surface area (TPSA) is 74.7 Å². The van der Waals surface area contributed by atoms with Gasteiger partial charge in [0.25, 0.3) is 5.92 Å². The lowest BCUT2D eigenvalue weighted by molar-refractivity contribution is -0.0220. The van der Waals surface area contributed by atoms with Crippen molar-refractivity contribution in [2.45, 2.75) is 23.7 Å². The lowest BCUT2D eigenvalue weighted by atomic mass is 10.0. The monoisotopic (exact) mass is 319 g/mol. The van der Waals surface area contributed by atoms with Gasteiger partial charge in [-0.2, -0.15) is 0 Å². The van der Waals surface area contributed by atoms with Gasteiger partial charge in [-0.3, -0.25) is 0 Å². The Hall–Kier alpha value is -1.70. The van der Waals surface area contributed by atoms with Crippen LogP contribution in [-0.4, -0.2) is 44.8 Å². The second kappa shape index (κ2) is 5.25. The summed E-state index contributed by atoms with van der Waals surface area (Å²) in [5.41, 5.74) is 0.0774. The SMILES string of the molecule is CS(=O)(=O)c1ccc(C(=O)O)c(N2CCC(F)(F)CC2)c1. The molecule has 0 aliphatic carbocycles. The molecule has 1 N–H and O–H groups in total. The molecular formula is C13H15F2NO4S. The number of anilines is 1. The molecule has 0 aromatic heterocycles. The molecular weight excluding hydrogens is 304 g/mol. The van der Waals surface area contributed by atoms with Crippen LogP contribution in [0.4, 0.5) is 14.5 Å². The average Bonchev–Trinajstić information content (AvgIpc) is 2.37. The number of benzene rings is 1. The fourth-order valence-electron chi connectivity index (χ4n) is 2.26. The Morgan fingerprint density at radius 3 is 2.33 bits per heavy atom. The van der Waals surface area contributed by atoms with Crippen LogP contribution in [0.15, 0.2) is 23.1 Å². The van der Waals surface area contributed by atoms with E-state index in [1.54, 1.807) is 0 Å². The maximum absolute atomic E-state index is 13.2. The number of alkyl halides is 2. The second-order valence-corrected chi connectivity index (χ2v) is 7.12. The number of halogens is 2. The van der Waals surface area contributed by atoms with Crippen molar-refractivity contribution in [3.8, 4) is 0 Å². The van der Waals surface area contributed by atoms with Crippen molar-refractivity contribution in [2.75, 3.05) is 24.2 Å². The highest BCUT2D eigenvalue weighted by atomic mass is 32.2. The van der Waals surface area contributed by atoms with Crippen molar-refractivity contribution < 1.29 is 27.1 Å². The molecule has 0 atom stereocenters. The van der Waals surface area contributed by atoms with Crippen LogP contribution in [-0.2, 0) is 9.84 Å². The summed E-state index contributed by atoms with van der Waals surface area (Å²) in [6, 6.07) is 3.64. The first-order valence-electron chi connectivity index (χ1n) is 6.30. The van der Waals surface area contributed by atoms with Gasteiger partial charge in [0.05, 0.1) is 16.1 Å². The molecule has 1 aromatic rings. The van der Waals surface area contributed by atoms with Crippen LogP contribution in [0.3, 0.4) is 0 Å². The molecule has 8 heteroatoms. The highest BCUT2D eigenvalue weighted by Gasteiger charge is 2.35. The molecule has 1 aromatic carbocycles. The van der Waals surface area contributed by atoms with Crippen LogP contribution in [0.5, 0.6) is 0 Å². The summed E-state index contributed by atoms with van der Waals surface area (Å²) in [6.45, 7) is -0.0268. The van der Waals surface area contributed by atoms with Crippen molar-refractivity contribution >= 4 is 21.5 Å². The lowest BCUT2D eigenvalue weighted by Crippen LogP contribution is -2.40. The largest absolute Gasteiger partial charge is 0.478 e. The molecule has 0 unspecified atom stereocenters. The number of hydrogen-bond acceptors (Lipinski definition) is 4. The third-order valence-corrected chi connectivity index (χ3v) is 4.57. The lowest BCUT2D eigenvalue weighted by Gasteiger charge is -2.34. The van der Waals surface area contributed by atoms with E-state index in [1.165, 1.54) is 23.1 Å². The predicted octanol–water partition coefficient (Wildman–Crippen LogP) is 2.02. The van der Waals surface area contributed by atoms with E-state index in [0.29, 0.717) is 0 Å². The smallest absolute Gasteiger partial charge is 0.337 e. The summed E-state index contributed by atoms with van der Waals surface area (Å²) in [5.74, 6) is -3.98. The Morgan fingerprint density at radius 2 is 1.86 bits per heavy atom. The Balaban J connectivity index is 2.43. The highest BCUT2D eigenvalue weighted by molar-refractivity contribution is 7.90. The molecule has 0 radical (unpaired) electrons. The number of carbonyl (C=O) groups is 1. The Bertz CT molecular complexity index is 663. The number of aromatic carboxylic acids is 1. The number of piperidine rings is 1. The van der Waals surface area contributed by atoms with E-state index in [9.17, 15) is 22.0 Å². The molecule has 2 rings (SSSR count). The molecule has 1 aliphatic heterocycles. The quantitative estimate of drug-likeness (QED) is 0.922. The zero-order chi connectivity index (χ0) is 15.8. The van der Waals surface area contributed by atoms with Crippen LogP contribution >= 0.6 is 0 Å². The van der Waals surface area contributed by atoms with Gasteiger partial charge in [0.1, 0.15) is 0 Å². The first kappa shape index (κ1) is 15.7. The van der Waals surface area contributed by atoms with E-state index in [-0.39, 0.29) is 42.1 Å². The Labute approximate surface area is 121 Å². The van der Waals surface area contributed by atoms with E-state index < -0.39 is 21.7 Å². The van der Waals surface area contributed by atoms with Crippen LogP contribution in [0.2, 0.25) is 0 Å². The summed E-state index contributed by atoms with van der Waals surface area (Å²) in [4.78, 5) is 12.7. The third-order valence-electron chi connectivity index (χ3n) is 3.46. The van der Waals surface area contributed by atoms with Gasteiger partial charge in [-0.05, 0) is 18.2 Å². The number of hydrogen-bond donors (Lipinski definition) is 1. The molecule has 0 saturated carbocycles. The van der Waals surface area contributed by atoms with Crippen molar-refractivity contribution in [2.24, 2.45) is 0 Å². The molecule has 1 heterocycles. The van der Waals surface area contributed by atoms with E-state index in [1.807, 2.05) is 0 Å². The normalized spacial score (nSPS) is 18.5. The van der Waals surface area contributed by atoms with E-state index in [0.717, 1.165) is 6.26 Å². The Kier molecular flexibility index (Phi) is 3.92. The van der Waals surface area contributed by atoms with Crippen molar-refractivity contribution in [3.63, 3.8) is 0 Å². The van der Waals surface area contributed by atoms with Gasteiger partial charge in [0, 0.05) is 32.2 Å². The average molecular weight is 319 g/mol. The molecule has 21 heavy (non-hydrogen) atoms. The maximum atomic E-state index is 13.2. The second-order valence-electron chi connectivity index (χ2n) is 5.10. The van der Waals surface area contributed by atoms with Crippen molar-refractivity contribution in [3.05, 3.63) is 23.8 Å². The summed E-state index contributed by atoms with van der Waals surface area (Å²) >= 11 is 0. The predicted molar refractivity (Wildman–Crippen MR) is 72.9 cm³/mol. The molecule has 1 saturated heterocycles. The van der Waals surface area contributed by atoms with Crippen LogP contribution in [0.1, 0.15) is 23.2 Å². The Morgan fingerprint density at radius 1 is 1.29 bits per heavy atom. The molecule has 5 nitrogen and oxygen atoms in total. The molecule has 1 fully saturated rings. The van der Waals surface area contributed by atoms with Gasteiger partial charge < -0.3 is 10.0 Å². The zero-order valence-corrected chi connectivity index (χ0v) is 12.2. The van der Waals surface area contributed by atoms with E-state index in [4.69, 9.17) is 5.11 Å².